The van der Waals surface area contributed by atoms with Crippen LogP contribution in [-0.4, -0.2) is 96.7 Å². The fourth-order valence-corrected chi connectivity index (χ4v) is 11.7. The van der Waals surface area contributed by atoms with Gasteiger partial charge in [-0.3, -0.25) is 37.3 Å². The predicted molar refractivity (Wildman–Crippen MR) is 454 cm³/mol. The van der Waals surface area contributed by atoms with E-state index in [4.69, 9.17) is 37.0 Å². The molecule has 0 saturated heterocycles. The van der Waals surface area contributed by atoms with E-state index in [9.17, 15) is 43.2 Å². The molecule has 0 fully saturated rings. The highest BCUT2D eigenvalue weighted by atomic mass is 31.2. The second-order valence-electron chi connectivity index (χ2n) is 26.5. The molecule has 110 heavy (non-hydrogen) atoms. The second kappa shape index (κ2) is 80.7. The summed E-state index contributed by atoms with van der Waals surface area (Å²) in [5.74, 6) is -2.34. The van der Waals surface area contributed by atoms with Gasteiger partial charge in [0.1, 0.15) is 19.3 Å². The van der Waals surface area contributed by atoms with Gasteiger partial charge >= 0.3 is 39.5 Å². The molecule has 0 aliphatic carbocycles. The molecule has 5 atom stereocenters. The van der Waals surface area contributed by atoms with Gasteiger partial charge in [-0.25, -0.2) is 9.13 Å². The first-order chi connectivity index (χ1) is 53.7. The number of ether oxygens (including phenoxy) is 4. The summed E-state index contributed by atoms with van der Waals surface area (Å²) in [6.45, 7) is 4.25. The number of esters is 4. The van der Waals surface area contributed by atoms with Gasteiger partial charge in [0, 0.05) is 25.7 Å². The van der Waals surface area contributed by atoms with Crippen LogP contribution in [0.25, 0.3) is 0 Å². The maximum absolute atomic E-state index is 13.1. The Morgan fingerprint density at radius 2 is 0.455 bits per heavy atom. The summed E-state index contributed by atoms with van der Waals surface area (Å²) in [6.07, 6.45) is 101. The Morgan fingerprint density at radius 1 is 0.255 bits per heavy atom. The van der Waals surface area contributed by atoms with Crippen LogP contribution in [0.4, 0.5) is 0 Å². The molecule has 0 amide bonds. The van der Waals surface area contributed by atoms with E-state index in [-0.39, 0.29) is 25.7 Å². The summed E-state index contributed by atoms with van der Waals surface area (Å²) in [5.41, 5.74) is 0. The Bertz CT molecular complexity index is 2900. The third-order valence-corrected chi connectivity index (χ3v) is 18.1. The van der Waals surface area contributed by atoms with Gasteiger partial charge < -0.3 is 33.8 Å². The SMILES string of the molecule is CC/C=C\C/C=C\C/C=C\C/C=C\C/C=C\CCCC(=O)OC(COC(=O)CCCCCCCC/C=C\C/C=C\C/C=C\C/C=C\CC)COP(=O)(O)OCC(O)COP(=O)(O)OCC(COC(=O)CCCCCCCC/C=C\C/C=C\C/C=C\C/C=C\CC)OC(=O)CCCC/C=C\C/C=C\C/C=C\C/C=C\CC. The number of hydrogen-bond donors (Lipinski definition) is 3. The van der Waals surface area contributed by atoms with E-state index in [0.717, 1.165) is 193 Å². The summed E-state index contributed by atoms with van der Waals surface area (Å²) in [5, 5.41) is 10.7. The Balaban J connectivity index is 5.50. The van der Waals surface area contributed by atoms with Crippen LogP contribution < -0.4 is 0 Å². The first kappa shape index (κ1) is 104. The average molecular weight is 1570 g/mol. The minimum atomic E-state index is -5.02. The number of allylic oxidation sites excluding steroid dienone is 34. The lowest BCUT2D eigenvalue weighted by Gasteiger charge is -2.21. The van der Waals surface area contributed by atoms with Gasteiger partial charge in [0.2, 0.25) is 0 Å². The quantitative estimate of drug-likeness (QED) is 0.0169. The lowest BCUT2D eigenvalue weighted by Crippen LogP contribution is -2.30. The number of phosphoric ester groups is 2. The van der Waals surface area contributed by atoms with Gasteiger partial charge in [-0.1, -0.05) is 286 Å². The van der Waals surface area contributed by atoms with Crippen molar-refractivity contribution in [3.05, 3.63) is 207 Å². The molecule has 620 valence electrons. The molecule has 0 aromatic rings. The molecule has 0 aromatic carbocycles. The van der Waals surface area contributed by atoms with Crippen LogP contribution in [0.15, 0.2) is 207 Å². The number of unbranched alkanes of at least 4 members (excludes halogenated alkanes) is 15. The molecule has 0 rings (SSSR count). The van der Waals surface area contributed by atoms with Gasteiger partial charge in [0.15, 0.2) is 12.2 Å². The molecule has 0 aromatic heterocycles. The van der Waals surface area contributed by atoms with E-state index in [0.29, 0.717) is 38.5 Å². The molecule has 0 aliphatic rings. The summed E-state index contributed by atoms with van der Waals surface area (Å²) in [7, 11) is -10.0. The van der Waals surface area contributed by atoms with Crippen LogP contribution in [0, 0.1) is 0 Å². The van der Waals surface area contributed by atoms with Crippen molar-refractivity contribution < 1.29 is 80.2 Å². The predicted octanol–water partition coefficient (Wildman–Crippen LogP) is 24.7. The molecular formula is C91H144O17P2. The van der Waals surface area contributed by atoms with E-state index in [1.54, 1.807) is 0 Å². The minimum absolute atomic E-state index is 0.00341. The molecule has 0 radical (unpaired) electrons. The number of carbonyl (C=O) groups excluding carboxylic acids is 4. The molecule has 0 saturated carbocycles. The lowest BCUT2D eigenvalue weighted by atomic mass is 10.1. The van der Waals surface area contributed by atoms with Crippen LogP contribution in [0.1, 0.15) is 285 Å². The highest BCUT2D eigenvalue weighted by Crippen LogP contribution is 2.45. The molecule has 0 aliphatic heterocycles. The summed E-state index contributed by atoms with van der Waals surface area (Å²) < 4.78 is 68.6. The molecule has 0 bridgehead atoms. The van der Waals surface area contributed by atoms with Crippen molar-refractivity contribution in [2.45, 2.75) is 303 Å². The number of rotatable bonds is 75. The van der Waals surface area contributed by atoms with E-state index >= 15 is 0 Å². The second-order valence-corrected chi connectivity index (χ2v) is 29.4. The average Bonchev–Trinajstić information content (AvgIpc) is 0.906. The fourth-order valence-electron chi connectivity index (χ4n) is 10.1. The first-order valence-corrected chi connectivity index (χ1v) is 44.3. The molecular weight excluding hydrogens is 1430 g/mol. The number of carbonyl (C=O) groups is 4. The number of phosphoric acid groups is 2. The van der Waals surface area contributed by atoms with Crippen molar-refractivity contribution in [2.24, 2.45) is 0 Å². The highest BCUT2D eigenvalue weighted by Gasteiger charge is 2.30. The zero-order valence-corrected chi connectivity index (χ0v) is 69.6. The standard InChI is InChI=1S/C91H144O17P2/c1-5-9-13-17-21-25-29-33-37-40-42-45-48-51-55-59-63-67-71-75-88(93)101-81-86(107-90(95)77-73-69-65-61-57-53-47-36-32-28-24-20-16-12-8-4)83-105-109(97,98)103-79-85(92)80-104-110(99,100)106-84-87(108-91(96)78-74-70-66-62-58-54-50-44-39-35-31-27-23-19-15-11-7-3)82-102-89(94)76-72-68-64-60-56-52-49-46-43-41-38-34-30-26-22-18-14-10-6-2/h9-16,21-28,33-39,42-43,45-47,50,54,57,61-62,66,85-87,92H,5-8,17-20,29-32,40-41,44,48-49,51-53,55-56,58-60,63-65,67-84H2,1-4H3,(H,97,98)(H,99,100)/b13-9-,14-10-,15-11-,16-12-,25-21-,26-22-,27-23-,28-24-,37-33-,38-34-,39-35-,45-42-,46-43-,47-36-,54-50-,61-57-,66-62-. The normalized spacial score (nSPS) is 14.9. The number of hydrogen-bond acceptors (Lipinski definition) is 15. The van der Waals surface area contributed by atoms with Gasteiger partial charge in [-0.15, -0.1) is 0 Å². The van der Waals surface area contributed by atoms with Crippen molar-refractivity contribution in [2.75, 3.05) is 39.6 Å². The van der Waals surface area contributed by atoms with Gasteiger partial charge in [0.05, 0.1) is 26.4 Å². The Morgan fingerprint density at radius 3 is 0.736 bits per heavy atom. The highest BCUT2D eigenvalue weighted by molar-refractivity contribution is 7.47. The zero-order chi connectivity index (χ0) is 80.3. The smallest absolute Gasteiger partial charge is 0.462 e. The van der Waals surface area contributed by atoms with Gasteiger partial charge in [-0.05, 0) is 180 Å². The third-order valence-electron chi connectivity index (χ3n) is 16.2. The maximum Gasteiger partial charge on any atom is 0.472 e. The van der Waals surface area contributed by atoms with Crippen LogP contribution >= 0.6 is 15.6 Å². The molecule has 0 heterocycles. The largest absolute Gasteiger partial charge is 0.472 e. The van der Waals surface area contributed by atoms with E-state index < -0.39 is 97.5 Å². The Labute approximate surface area is 665 Å². The van der Waals surface area contributed by atoms with Crippen molar-refractivity contribution in [1.29, 1.82) is 0 Å². The molecule has 17 nitrogen and oxygen atoms in total. The first-order valence-electron chi connectivity index (χ1n) is 41.3. The fraction of sp³-hybridized carbons (Fsp3) is 0.582. The van der Waals surface area contributed by atoms with Crippen LogP contribution in [0.5, 0.6) is 0 Å². The van der Waals surface area contributed by atoms with Crippen LogP contribution in [0.2, 0.25) is 0 Å². The van der Waals surface area contributed by atoms with Crippen molar-refractivity contribution in [3.63, 3.8) is 0 Å². The maximum atomic E-state index is 13.1. The topological polar surface area (TPSA) is 237 Å². The summed E-state index contributed by atoms with van der Waals surface area (Å²) in [6, 6.07) is 0. The van der Waals surface area contributed by atoms with Crippen LogP contribution in [-0.2, 0) is 65.4 Å². The van der Waals surface area contributed by atoms with Gasteiger partial charge in [-0.2, -0.15) is 0 Å². The van der Waals surface area contributed by atoms with E-state index in [2.05, 4.69) is 222 Å². The van der Waals surface area contributed by atoms with Gasteiger partial charge in [0.25, 0.3) is 0 Å². The summed E-state index contributed by atoms with van der Waals surface area (Å²) >= 11 is 0. The molecule has 3 N–H and O–H groups in total. The van der Waals surface area contributed by atoms with Crippen molar-refractivity contribution in [1.82, 2.24) is 0 Å². The monoisotopic (exact) mass is 1570 g/mol. The Hall–Kier alpha value is -6.36. The molecule has 0 spiro atoms. The minimum Gasteiger partial charge on any atom is -0.462 e. The zero-order valence-electron chi connectivity index (χ0n) is 67.8. The Kier molecular flexibility index (Phi) is 76.0. The third kappa shape index (κ3) is 79.7. The van der Waals surface area contributed by atoms with Crippen molar-refractivity contribution >= 4 is 39.5 Å². The number of aliphatic hydroxyl groups is 1. The molecule has 19 heteroatoms. The lowest BCUT2D eigenvalue weighted by molar-refractivity contribution is -0.161. The van der Waals surface area contributed by atoms with Crippen LogP contribution in [0.3, 0.4) is 0 Å². The van der Waals surface area contributed by atoms with E-state index in [1.807, 2.05) is 12.2 Å². The van der Waals surface area contributed by atoms with Crippen molar-refractivity contribution in [3.8, 4) is 0 Å². The summed E-state index contributed by atoms with van der Waals surface area (Å²) in [4.78, 5) is 73.2. The van der Waals surface area contributed by atoms with E-state index in [1.165, 1.54) is 0 Å². The number of aliphatic hydroxyl groups excluding tert-OH is 1. The molecule has 5 unspecified atom stereocenters.